The summed E-state index contributed by atoms with van der Waals surface area (Å²) in [5.74, 6) is -0.248. The summed E-state index contributed by atoms with van der Waals surface area (Å²) in [7, 11) is 0. The molecule has 0 atom stereocenters. The van der Waals surface area contributed by atoms with E-state index in [1.54, 1.807) is 17.8 Å². The van der Waals surface area contributed by atoms with Crippen molar-refractivity contribution in [2.24, 2.45) is 5.73 Å². The molecule has 4 heteroatoms. The Labute approximate surface area is 112 Å². The van der Waals surface area contributed by atoms with E-state index >= 15 is 0 Å². The van der Waals surface area contributed by atoms with E-state index in [2.05, 4.69) is 15.9 Å². The zero-order chi connectivity index (χ0) is 12.3. The minimum atomic E-state index is -0.248. The Morgan fingerprint density at radius 2 is 1.88 bits per heavy atom. The van der Waals surface area contributed by atoms with Crippen LogP contribution >= 0.6 is 27.7 Å². The second kappa shape index (κ2) is 5.67. The number of benzene rings is 2. The summed E-state index contributed by atoms with van der Waals surface area (Å²) < 4.78 is 14.1. The van der Waals surface area contributed by atoms with Crippen molar-refractivity contribution in [1.29, 1.82) is 0 Å². The van der Waals surface area contributed by atoms with Crippen LogP contribution in [0.3, 0.4) is 0 Å². The number of halogens is 2. The first kappa shape index (κ1) is 12.6. The van der Waals surface area contributed by atoms with Crippen LogP contribution in [-0.4, -0.2) is 0 Å². The van der Waals surface area contributed by atoms with E-state index in [1.165, 1.54) is 12.1 Å². The Bertz CT molecular complexity index is 531. The molecule has 0 aliphatic carbocycles. The average Bonchev–Trinajstić information content (AvgIpc) is 2.34. The molecule has 0 fully saturated rings. The molecule has 2 aromatic carbocycles. The lowest BCUT2D eigenvalue weighted by molar-refractivity contribution is 0.623. The lowest BCUT2D eigenvalue weighted by Gasteiger charge is -2.08. The van der Waals surface area contributed by atoms with Crippen molar-refractivity contribution in [3.63, 3.8) is 0 Å². The number of hydrogen-bond acceptors (Lipinski definition) is 2. The summed E-state index contributed by atoms with van der Waals surface area (Å²) in [6.45, 7) is 0.338. The highest BCUT2D eigenvalue weighted by atomic mass is 79.9. The fourth-order valence-electron chi connectivity index (χ4n) is 1.45. The van der Waals surface area contributed by atoms with E-state index in [0.29, 0.717) is 6.54 Å². The second-order valence-electron chi connectivity index (χ2n) is 3.49. The standard InChI is InChI=1S/C13H11BrFNS/c14-11-3-1-2-4-13(11)17-12-6-5-10(15)7-9(12)8-16/h1-7H,8,16H2. The lowest BCUT2D eigenvalue weighted by Crippen LogP contribution is -1.99. The Morgan fingerprint density at radius 1 is 1.12 bits per heavy atom. The highest BCUT2D eigenvalue weighted by molar-refractivity contribution is 9.10. The summed E-state index contributed by atoms with van der Waals surface area (Å²) >= 11 is 5.07. The van der Waals surface area contributed by atoms with Gasteiger partial charge in [-0.25, -0.2) is 4.39 Å². The highest BCUT2D eigenvalue weighted by Crippen LogP contribution is 2.35. The predicted octanol–water partition coefficient (Wildman–Crippen LogP) is 4.20. The molecule has 0 amide bonds. The van der Waals surface area contributed by atoms with Gasteiger partial charge in [0.15, 0.2) is 0 Å². The van der Waals surface area contributed by atoms with Gasteiger partial charge in [0.05, 0.1) is 0 Å². The summed E-state index contributed by atoms with van der Waals surface area (Å²) in [4.78, 5) is 2.08. The Balaban J connectivity index is 2.33. The normalized spacial score (nSPS) is 10.5. The highest BCUT2D eigenvalue weighted by Gasteiger charge is 2.06. The molecule has 17 heavy (non-hydrogen) atoms. The quantitative estimate of drug-likeness (QED) is 0.919. The van der Waals surface area contributed by atoms with Gasteiger partial charge in [-0.3, -0.25) is 0 Å². The second-order valence-corrected chi connectivity index (χ2v) is 5.43. The molecular weight excluding hydrogens is 301 g/mol. The van der Waals surface area contributed by atoms with Crippen LogP contribution in [0.2, 0.25) is 0 Å². The zero-order valence-electron chi connectivity index (χ0n) is 8.99. The van der Waals surface area contributed by atoms with Gasteiger partial charge in [-0.2, -0.15) is 0 Å². The maximum Gasteiger partial charge on any atom is 0.123 e. The molecule has 0 heterocycles. The molecule has 0 bridgehead atoms. The summed E-state index contributed by atoms with van der Waals surface area (Å²) in [6, 6.07) is 12.6. The third kappa shape index (κ3) is 3.09. The minimum Gasteiger partial charge on any atom is -0.326 e. The van der Waals surface area contributed by atoms with E-state index in [4.69, 9.17) is 5.73 Å². The first-order chi connectivity index (χ1) is 8.20. The fraction of sp³-hybridized carbons (Fsp3) is 0.0769. The third-order valence-corrected chi connectivity index (χ3v) is 4.45. The minimum absolute atomic E-state index is 0.248. The first-order valence-electron chi connectivity index (χ1n) is 5.11. The van der Waals surface area contributed by atoms with Crippen LogP contribution in [0.5, 0.6) is 0 Å². The number of nitrogens with two attached hydrogens (primary N) is 1. The van der Waals surface area contributed by atoms with Crippen LogP contribution in [-0.2, 0) is 6.54 Å². The van der Waals surface area contributed by atoms with Crippen molar-refractivity contribution in [1.82, 2.24) is 0 Å². The van der Waals surface area contributed by atoms with Gasteiger partial charge < -0.3 is 5.73 Å². The third-order valence-electron chi connectivity index (χ3n) is 2.30. The lowest BCUT2D eigenvalue weighted by atomic mass is 10.2. The molecule has 0 aromatic heterocycles. The molecule has 0 unspecified atom stereocenters. The first-order valence-corrected chi connectivity index (χ1v) is 6.72. The maximum atomic E-state index is 13.1. The van der Waals surface area contributed by atoms with E-state index < -0.39 is 0 Å². The van der Waals surface area contributed by atoms with Crippen molar-refractivity contribution in [2.75, 3.05) is 0 Å². The van der Waals surface area contributed by atoms with Gasteiger partial charge >= 0.3 is 0 Å². The molecule has 2 N–H and O–H groups in total. The molecule has 0 aliphatic heterocycles. The fourth-order valence-corrected chi connectivity index (χ4v) is 2.94. The molecule has 2 aromatic rings. The monoisotopic (exact) mass is 311 g/mol. The van der Waals surface area contributed by atoms with Crippen LogP contribution < -0.4 is 5.73 Å². The SMILES string of the molecule is NCc1cc(F)ccc1Sc1ccccc1Br. The van der Waals surface area contributed by atoms with E-state index in [-0.39, 0.29) is 5.82 Å². The summed E-state index contributed by atoms with van der Waals surface area (Å²) in [6.07, 6.45) is 0. The van der Waals surface area contributed by atoms with Crippen molar-refractivity contribution < 1.29 is 4.39 Å². The summed E-state index contributed by atoms with van der Waals surface area (Å²) in [5, 5.41) is 0. The smallest absolute Gasteiger partial charge is 0.123 e. The molecule has 0 saturated heterocycles. The molecule has 0 spiro atoms. The van der Waals surface area contributed by atoms with Crippen LogP contribution in [0.25, 0.3) is 0 Å². The predicted molar refractivity (Wildman–Crippen MR) is 72.6 cm³/mol. The van der Waals surface area contributed by atoms with Crippen LogP contribution in [0, 0.1) is 5.82 Å². The maximum absolute atomic E-state index is 13.1. The zero-order valence-corrected chi connectivity index (χ0v) is 11.4. The van der Waals surface area contributed by atoms with E-state index in [1.807, 2.05) is 24.3 Å². The van der Waals surface area contributed by atoms with Gasteiger partial charge in [-0.05, 0) is 51.8 Å². The molecule has 2 rings (SSSR count). The number of hydrogen-bond donors (Lipinski definition) is 1. The van der Waals surface area contributed by atoms with Crippen LogP contribution in [0.1, 0.15) is 5.56 Å². The molecular formula is C13H11BrFNS. The van der Waals surface area contributed by atoms with E-state index in [9.17, 15) is 4.39 Å². The summed E-state index contributed by atoms with van der Waals surface area (Å²) in [5.41, 5.74) is 6.44. The molecule has 88 valence electrons. The van der Waals surface area contributed by atoms with Gasteiger partial charge in [0, 0.05) is 20.8 Å². The topological polar surface area (TPSA) is 26.0 Å². The van der Waals surface area contributed by atoms with Crippen molar-refractivity contribution in [3.8, 4) is 0 Å². The Morgan fingerprint density at radius 3 is 2.59 bits per heavy atom. The van der Waals surface area contributed by atoms with E-state index in [0.717, 1.165) is 19.8 Å². The number of rotatable bonds is 3. The molecule has 0 radical (unpaired) electrons. The van der Waals surface area contributed by atoms with Crippen LogP contribution in [0.15, 0.2) is 56.7 Å². The Hall–Kier alpha value is -0.840. The molecule has 1 nitrogen and oxygen atoms in total. The van der Waals surface area contributed by atoms with Gasteiger partial charge in [-0.1, -0.05) is 23.9 Å². The van der Waals surface area contributed by atoms with Crippen molar-refractivity contribution in [2.45, 2.75) is 16.3 Å². The van der Waals surface area contributed by atoms with Gasteiger partial charge in [0.25, 0.3) is 0 Å². The van der Waals surface area contributed by atoms with Gasteiger partial charge in [0.1, 0.15) is 5.82 Å². The van der Waals surface area contributed by atoms with Crippen molar-refractivity contribution >= 4 is 27.7 Å². The average molecular weight is 312 g/mol. The molecule has 0 aliphatic rings. The Kier molecular flexibility index (Phi) is 4.20. The van der Waals surface area contributed by atoms with Crippen molar-refractivity contribution in [3.05, 3.63) is 58.3 Å². The largest absolute Gasteiger partial charge is 0.326 e. The van der Waals surface area contributed by atoms with Crippen LogP contribution in [0.4, 0.5) is 4.39 Å². The van der Waals surface area contributed by atoms with Gasteiger partial charge in [-0.15, -0.1) is 0 Å². The molecule has 0 saturated carbocycles. The van der Waals surface area contributed by atoms with Gasteiger partial charge in [0.2, 0.25) is 0 Å².